The molecule has 2 amide bonds. The van der Waals surface area contributed by atoms with E-state index in [1.54, 1.807) is 19.9 Å². The van der Waals surface area contributed by atoms with Crippen molar-refractivity contribution >= 4 is 27.5 Å². The second-order valence-corrected chi connectivity index (χ2v) is 10.7. The molecule has 30 heavy (non-hydrogen) atoms. The highest BCUT2D eigenvalue weighted by molar-refractivity contribution is 7.89. The van der Waals surface area contributed by atoms with Crippen molar-refractivity contribution in [2.24, 2.45) is 5.92 Å². The highest BCUT2D eigenvalue weighted by atomic mass is 32.2. The maximum absolute atomic E-state index is 13.3. The molecule has 9 heteroatoms. The number of carbonyl (C=O) groups excluding carboxylic acids is 2. The molecule has 0 radical (unpaired) electrons. The number of aryl methyl sites for hydroxylation is 1. The van der Waals surface area contributed by atoms with E-state index in [0.717, 1.165) is 6.42 Å². The van der Waals surface area contributed by atoms with Crippen LogP contribution in [0.3, 0.4) is 0 Å². The zero-order valence-electron chi connectivity index (χ0n) is 18.2. The van der Waals surface area contributed by atoms with Gasteiger partial charge in [0.1, 0.15) is 5.75 Å². The van der Waals surface area contributed by atoms with Crippen LogP contribution >= 0.6 is 0 Å². The van der Waals surface area contributed by atoms with Gasteiger partial charge in [0.15, 0.2) is 6.10 Å². The molecule has 0 saturated carbocycles. The number of benzene rings is 1. The van der Waals surface area contributed by atoms with Crippen LogP contribution in [-0.2, 0) is 19.6 Å². The topological polar surface area (TPSA) is 105 Å². The van der Waals surface area contributed by atoms with Gasteiger partial charge in [-0.15, -0.1) is 0 Å². The number of nitrogens with one attached hydrogen (secondary N) is 2. The number of hydrogen-bond acceptors (Lipinski definition) is 5. The van der Waals surface area contributed by atoms with E-state index >= 15 is 0 Å². The maximum Gasteiger partial charge on any atom is 0.265 e. The van der Waals surface area contributed by atoms with Crippen LogP contribution < -0.4 is 15.4 Å². The minimum Gasteiger partial charge on any atom is -0.479 e. The van der Waals surface area contributed by atoms with Crippen molar-refractivity contribution in [1.82, 2.24) is 9.62 Å². The van der Waals surface area contributed by atoms with Crippen molar-refractivity contribution in [3.05, 3.63) is 17.7 Å². The summed E-state index contributed by atoms with van der Waals surface area (Å²) in [5, 5.41) is 5.79. The van der Waals surface area contributed by atoms with Crippen LogP contribution in [-0.4, -0.2) is 49.3 Å². The van der Waals surface area contributed by atoms with E-state index in [4.69, 9.17) is 4.74 Å². The van der Waals surface area contributed by atoms with Crippen molar-refractivity contribution in [1.29, 1.82) is 0 Å². The maximum atomic E-state index is 13.3. The molecule has 2 aliphatic rings. The molecule has 1 atom stereocenters. The Morgan fingerprint density at radius 3 is 2.53 bits per heavy atom. The number of amides is 2. The highest BCUT2D eigenvalue weighted by Crippen LogP contribution is 2.36. The summed E-state index contributed by atoms with van der Waals surface area (Å²) in [7, 11) is -3.74. The normalized spacial score (nSPS) is 20.8. The SMILES string of the molecule is CCC(C)(C)NC(=O)C1CCN(S(=O)(=O)c2cc3c(cc2C)NC(=O)[C@@H](C)O3)CC1. The third-order valence-electron chi connectivity index (χ3n) is 6.00. The number of carbonyl (C=O) groups is 2. The van der Waals surface area contributed by atoms with E-state index in [0.29, 0.717) is 29.8 Å². The number of nitrogens with zero attached hydrogens (tertiary/aromatic N) is 1. The summed E-state index contributed by atoms with van der Waals surface area (Å²) in [6, 6.07) is 3.11. The number of sulfonamides is 1. The van der Waals surface area contributed by atoms with Crippen LogP contribution in [0.5, 0.6) is 5.75 Å². The molecular formula is C21H31N3O5S. The molecular weight excluding hydrogens is 406 g/mol. The Kier molecular flexibility index (Phi) is 6.15. The Morgan fingerprint density at radius 2 is 1.93 bits per heavy atom. The van der Waals surface area contributed by atoms with Crippen molar-refractivity contribution in [3.63, 3.8) is 0 Å². The van der Waals surface area contributed by atoms with Gasteiger partial charge in [-0.25, -0.2) is 8.42 Å². The molecule has 166 valence electrons. The fourth-order valence-electron chi connectivity index (χ4n) is 3.64. The zero-order chi connectivity index (χ0) is 22.3. The first-order valence-corrected chi connectivity index (χ1v) is 11.8. The summed E-state index contributed by atoms with van der Waals surface area (Å²) < 4.78 is 33.6. The lowest BCUT2D eigenvalue weighted by Crippen LogP contribution is -2.49. The van der Waals surface area contributed by atoms with Gasteiger partial charge in [-0.3, -0.25) is 9.59 Å². The number of piperidine rings is 1. The van der Waals surface area contributed by atoms with Crippen LogP contribution in [0.4, 0.5) is 5.69 Å². The van der Waals surface area contributed by atoms with Gasteiger partial charge < -0.3 is 15.4 Å². The Morgan fingerprint density at radius 1 is 1.30 bits per heavy atom. The van der Waals surface area contributed by atoms with Gasteiger partial charge in [0, 0.05) is 30.6 Å². The Balaban J connectivity index is 1.74. The standard InChI is InChI=1S/C21H31N3O5S/c1-6-21(4,5)23-20(26)15-7-9-24(10-8-15)30(27,28)18-12-17-16(11-13(18)2)22-19(25)14(3)29-17/h11-12,14-15H,6-10H2,1-5H3,(H,22,25)(H,23,26)/t14-/m1/s1. The largest absolute Gasteiger partial charge is 0.479 e. The Hall–Kier alpha value is -2.13. The van der Waals surface area contributed by atoms with Crippen molar-refractivity contribution in [2.45, 2.75) is 70.4 Å². The Labute approximate surface area is 178 Å². The van der Waals surface area contributed by atoms with Crippen LogP contribution in [0.25, 0.3) is 0 Å². The fraction of sp³-hybridized carbons (Fsp3) is 0.619. The molecule has 2 heterocycles. The smallest absolute Gasteiger partial charge is 0.265 e. The fourth-order valence-corrected chi connectivity index (χ4v) is 5.33. The predicted molar refractivity (Wildman–Crippen MR) is 114 cm³/mol. The summed E-state index contributed by atoms with van der Waals surface area (Å²) in [6.45, 7) is 9.87. The molecule has 1 aromatic rings. The van der Waals surface area contributed by atoms with E-state index in [9.17, 15) is 18.0 Å². The Bertz CT molecular complexity index is 950. The molecule has 0 unspecified atom stereocenters. The van der Waals surface area contributed by atoms with Gasteiger partial charge in [0.05, 0.1) is 10.6 Å². The molecule has 0 bridgehead atoms. The number of rotatable bonds is 5. The molecule has 1 aromatic carbocycles. The number of fused-ring (bicyclic) bond motifs is 1. The first-order chi connectivity index (χ1) is 13.9. The van der Waals surface area contributed by atoms with E-state index in [2.05, 4.69) is 10.6 Å². The zero-order valence-corrected chi connectivity index (χ0v) is 19.1. The number of anilines is 1. The van der Waals surface area contributed by atoms with E-state index in [1.165, 1.54) is 10.4 Å². The first-order valence-electron chi connectivity index (χ1n) is 10.4. The molecule has 0 spiro atoms. The molecule has 1 fully saturated rings. The minimum absolute atomic E-state index is 0.0120. The van der Waals surface area contributed by atoms with Crippen LogP contribution in [0, 0.1) is 12.8 Å². The lowest BCUT2D eigenvalue weighted by Gasteiger charge is -2.33. The van der Waals surface area contributed by atoms with Gasteiger partial charge in [-0.2, -0.15) is 4.31 Å². The first kappa shape index (κ1) is 22.6. The van der Waals surface area contributed by atoms with Gasteiger partial charge in [0.2, 0.25) is 15.9 Å². The second kappa shape index (κ2) is 8.19. The van der Waals surface area contributed by atoms with Crippen LogP contribution in [0.15, 0.2) is 17.0 Å². The third-order valence-corrected chi connectivity index (χ3v) is 8.04. The van der Waals surface area contributed by atoms with Crippen molar-refractivity contribution < 1.29 is 22.7 Å². The quantitative estimate of drug-likeness (QED) is 0.736. The molecule has 1 saturated heterocycles. The summed E-state index contributed by atoms with van der Waals surface area (Å²) in [4.78, 5) is 24.5. The monoisotopic (exact) mass is 437 g/mol. The molecule has 2 aliphatic heterocycles. The average molecular weight is 438 g/mol. The van der Waals surface area contributed by atoms with Gasteiger partial charge in [-0.1, -0.05) is 6.92 Å². The predicted octanol–water partition coefficient (Wildman–Crippen LogP) is 2.42. The van der Waals surface area contributed by atoms with E-state index in [1.807, 2.05) is 20.8 Å². The summed E-state index contributed by atoms with van der Waals surface area (Å²) in [6.07, 6.45) is 1.11. The third kappa shape index (κ3) is 4.46. The van der Waals surface area contributed by atoms with Crippen LogP contribution in [0.2, 0.25) is 0 Å². The van der Waals surface area contributed by atoms with Crippen molar-refractivity contribution in [2.75, 3.05) is 18.4 Å². The van der Waals surface area contributed by atoms with Gasteiger partial charge >= 0.3 is 0 Å². The van der Waals surface area contributed by atoms with Crippen LogP contribution in [0.1, 0.15) is 52.5 Å². The van der Waals surface area contributed by atoms with E-state index < -0.39 is 16.1 Å². The number of hydrogen-bond donors (Lipinski definition) is 2. The summed E-state index contributed by atoms with van der Waals surface area (Å²) in [5.74, 6) is -0.111. The molecule has 2 N–H and O–H groups in total. The summed E-state index contributed by atoms with van der Waals surface area (Å²) in [5.41, 5.74) is 0.743. The van der Waals surface area contributed by atoms with Gasteiger partial charge in [0.25, 0.3) is 5.91 Å². The average Bonchev–Trinajstić information content (AvgIpc) is 2.68. The molecule has 8 nitrogen and oxygen atoms in total. The molecule has 0 aromatic heterocycles. The number of ether oxygens (including phenoxy) is 1. The minimum atomic E-state index is -3.74. The highest BCUT2D eigenvalue weighted by Gasteiger charge is 2.35. The van der Waals surface area contributed by atoms with Crippen molar-refractivity contribution in [3.8, 4) is 5.75 Å². The van der Waals surface area contributed by atoms with Gasteiger partial charge in [-0.05, 0) is 58.6 Å². The molecule has 0 aliphatic carbocycles. The lowest BCUT2D eigenvalue weighted by atomic mass is 9.94. The summed E-state index contributed by atoms with van der Waals surface area (Å²) >= 11 is 0. The molecule has 3 rings (SSSR count). The van der Waals surface area contributed by atoms with E-state index in [-0.39, 0.29) is 41.3 Å². The lowest BCUT2D eigenvalue weighted by molar-refractivity contribution is -0.127. The second-order valence-electron chi connectivity index (χ2n) is 8.77.